The zero-order chi connectivity index (χ0) is 26.7. The molecule has 0 saturated carbocycles. The van der Waals surface area contributed by atoms with Gasteiger partial charge in [0, 0.05) is 65.6 Å². The van der Waals surface area contributed by atoms with Gasteiger partial charge in [0.1, 0.15) is 18.2 Å². The van der Waals surface area contributed by atoms with Crippen LogP contribution in [0.3, 0.4) is 0 Å². The van der Waals surface area contributed by atoms with Crippen molar-refractivity contribution in [3.8, 4) is 5.75 Å². The third kappa shape index (κ3) is 6.11. The van der Waals surface area contributed by atoms with E-state index in [0.29, 0.717) is 31.2 Å². The first-order chi connectivity index (χ1) is 18.3. The molecule has 4 heterocycles. The summed E-state index contributed by atoms with van der Waals surface area (Å²) in [5.41, 5.74) is 1.25. The average molecular weight is 534 g/mol. The normalized spacial score (nSPS) is 19.6. The minimum Gasteiger partial charge on any atom is -0.492 e. The molecule has 2 aromatic rings. The van der Waals surface area contributed by atoms with Gasteiger partial charge in [0.15, 0.2) is 5.82 Å². The van der Waals surface area contributed by atoms with Crippen LogP contribution in [0.2, 0.25) is 0 Å². The third-order valence-electron chi connectivity index (χ3n) is 7.67. The van der Waals surface area contributed by atoms with Crippen molar-refractivity contribution in [1.29, 1.82) is 0 Å². The van der Waals surface area contributed by atoms with E-state index in [-0.39, 0.29) is 11.7 Å². The molecule has 0 spiro atoms. The monoisotopic (exact) mass is 533 g/mol. The number of hydrogen-bond acceptors (Lipinski definition) is 7. The summed E-state index contributed by atoms with van der Waals surface area (Å²) in [6.45, 7) is 7.99. The Balaban J connectivity index is 1.09. The van der Waals surface area contributed by atoms with Crippen LogP contribution in [0.15, 0.2) is 29.4 Å². The predicted molar refractivity (Wildman–Crippen MR) is 135 cm³/mol. The molecular weight excluding hydrogens is 499 g/mol. The molecule has 0 radical (unpaired) electrons. The Morgan fingerprint density at radius 1 is 1.00 bits per heavy atom. The molecule has 0 bridgehead atoms. The maximum Gasteiger partial charge on any atom is 0.453 e. The molecule has 1 aromatic carbocycles. The highest BCUT2D eigenvalue weighted by Crippen LogP contribution is 2.32. The van der Waals surface area contributed by atoms with E-state index in [4.69, 9.17) is 4.74 Å². The van der Waals surface area contributed by atoms with E-state index >= 15 is 0 Å². The Morgan fingerprint density at radius 3 is 2.47 bits per heavy atom. The molecule has 3 aliphatic heterocycles. The van der Waals surface area contributed by atoms with Crippen LogP contribution in [0.4, 0.5) is 13.2 Å². The topological polar surface area (TPSA) is 79.1 Å². The van der Waals surface area contributed by atoms with Crippen molar-refractivity contribution in [2.24, 2.45) is 5.10 Å². The van der Waals surface area contributed by atoms with E-state index < -0.39 is 12.0 Å². The van der Waals surface area contributed by atoms with Gasteiger partial charge in [-0.05, 0) is 42.9 Å². The lowest BCUT2D eigenvalue weighted by Crippen LogP contribution is -2.40. The van der Waals surface area contributed by atoms with E-state index in [1.807, 2.05) is 17.0 Å². The molecule has 3 aliphatic rings. The number of likely N-dealkylation sites (tertiary alicyclic amines) is 1. The van der Waals surface area contributed by atoms with Crippen molar-refractivity contribution in [3.63, 3.8) is 0 Å². The second-order valence-corrected chi connectivity index (χ2v) is 10.1. The number of amidine groups is 1. The number of nitrogens with zero attached hydrogens (tertiary/aromatic N) is 7. The summed E-state index contributed by atoms with van der Waals surface area (Å²) in [6.07, 6.45) is -0.807. The molecule has 0 unspecified atom stereocenters. The van der Waals surface area contributed by atoms with Gasteiger partial charge in [-0.15, -0.1) is 10.2 Å². The van der Waals surface area contributed by atoms with Gasteiger partial charge in [-0.1, -0.05) is 12.1 Å². The summed E-state index contributed by atoms with van der Waals surface area (Å²) in [5.74, 6) is 1.23. The number of halogens is 3. The highest BCUT2D eigenvalue weighted by Gasteiger charge is 2.40. The van der Waals surface area contributed by atoms with E-state index in [1.54, 1.807) is 6.92 Å². The molecule has 0 aliphatic carbocycles. The molecular formula is C26H34F3N7O2. The molecule has 2 saturated heterocycles. The summed E-state index contributed by atoms with van der Waals surface area (Å²) in [5, 5.41) is 11.2. The van der Waals surface area contributed by atoms with Gasteiger partial charge in [0.25, 0.3) is 5.82 Å². The number of carbonyl (C=O) groups is 1. The van der Waals surface area contributed by atoms with Crippen LogP contribution in [0.1, 0.15) is 55.7 Å². The van der Waals surface area contributed by atoms with Crippen LogP contribution < -0.4 is 4.74 Å². The standard InChI is InChI=1S/C26H34F3N7O2/c1-19(37)34-12-2-11-33(15-16-34)17-18-38-22-5-3-20(4-6-22)21-9-13-35(14-10-21)24-8-7-23-30-31-25(26(27,28)29)36(23)32-24/h3-6,21H,2,7-18H2,1H3. The number of hydrogen-bond donors (Lipinski definition) is 0. The van der Waals surface area contributed by atoms with E-state index in [2.05, 4.69) is 37.2 Å². The van der Waals surface area contributed by atoms with E-state index in [9.17, 15) is 18.0 Å². The minimum atomic E-state index is -4.58. The first-order valence-corrected chi connectivity index (χ1v) is 13.3. The van der Waals surface area contributed by atoms with Crippen molar-refractivity contribution in [1.82, 2.24) is 29.6 Å². The number of aromatic nitrogens is 3. The number of amides is 1. The van der Waals surface area contributed by atoms with Gasteiger partial charge in [-0.3, -0.25) is 9.69 Å². The molecule has 206 valence electrons. The molecule has 0 atom stereocenters. The zero-order valence-electron chi connectivity index (χ0n) is 21.7. The summed E-state index contributed by atoms with van der Waals surface area (Å²) in [4.78, 5) is 17.9. The quantitative estimate of drug-likeness (QED) is 0.588. The number of alkyl halides is 3. The van der Waals surface area contributed by atoms with Gasteiger partial charge in [0.05, 0.1) is 0 Å². The predicted octanol–water partition coefficient (Wildman–Crippen LogP) is 3.22. The largest absolute Gasteiger partial charge is 0.492 e. The molecule has 1 amide bonds. The van der Waals surface area contributed by atoms with Crippen LogP contribution in [0.5, 0.6) is 5.75 Å². The fourth-order valence-corrected chi connectivity index (χ4v) is 5.47. The summed E-state index contributed by atoms with van der Waals surface area (Å²) in [6, 6.07) is 8.26. The number of fused-ring (bicyclic) bond motifs is 1. The van der Waals surface area contributed by atoms with Gasteiger partial charge in [0.2, 0.25) is 5.91 Å². The van der Waals surface area contributed by atoms with E-state index in [0.717, 1.165) is 75.5 Å². The molecule has 9 nitrogen and oxygen atoms in total. The van der Waals surface area contributed by atoms with Crippen LogP contribution in [-0.4, -0.2) is 93.7 Å². The molecule has 38 heavy (non-hydrogen) atoms. The summed E-state index contributed by atoms with van der Waals surface area (Å²) >= 11 is 0. The molecule has 2 fully saturated rings. The number of ether oxygens (including phenoxy) is 1. The molecule has 12 heteroatoms. The van der Waals surface area contributed by atoms with Crippen molar-refractivity contribution in [2.75, 3.05) is 52.4 Å². The lowest BCUT2D eigenvalue weighted by molar-refractivity contribution is -0.147. The lowest BCUT2D eigenvalue weighted by Gasteiger charge is -2.35. The zero-order valence-corrected chi connectivity index (χ0v) is 21.7. The number of piperidine rings is 1. The van der Waals surface area contributed by atoms with Gasteiger partial charge in [-0.25, -0.2) is 0 Å². The number of aryl methyl sites for hydroxylation is 1. The SMILES string of the molecule is CC(=O)N1CCCN(CCOc2ccc(C3CCN(C4=Nn5c(nnc5C(F)(F)F)CC4)CC3)cc2)CC1. The first-order valence-electron chi connectivity index (χ1n) is 13.3. The van der Waals surface area contributed by atoms with Gasteiger partial charge in [-0.2, -0.15) is 22.9 Å². The van der Waals surface area contributed by atoms with Crippen molar-refractivity contribution < 1.29 is 22.7 Å². The Labute approximate surface area is 220 Å². The van der Waals surface area contributed by atoms with E-state index in [1.165, 1.54) is 5.56 Å². The summed E-state index contributed by atoms with van der Waals surface area (Å²) in [7, 11) is 0. The number of carbonyl (C=O) groups excluding carboxylic acids is 1. The Morgan fingerprint density at radius 2 is 1.76 bits per heavy atom. The Kier molecular flexibility index (Phi) is 7.87. The number of benzene rings is 1. The Hall–Kier alpha value is -3.15. The van der Waals surface area contributed by atoms with Crippen molar-refractivity contribution in [3.05, 3.63) is 41.5 Å². The average Bonchev–Trinajstić information content (AvgIpc) is 3.20. The minimum absolute atomic E-state index is 0.141. The maximum absolute atomic E-state index is 13.2. The second kappa shape index (κ2) is 11.3. The maximum atomic E-state index is 13.2. The van der Waals surface area contributed by atoms with Crippen LogP contribution in [0.25, 0.3) is 0 Å². The highest BCUT2D eigenvalue weighted by molar-refractivity contribution is 5.83. The van der Waals surface area contributed by atoms with Gasteiger partial charge < -0.3 is 14.5 Å². The van der Waals surface area contributed by atoms with Crippen LogP contribution >= 0.6 is 0 Å². The van der Waals surface area contributed by atoms with Crippen molar-refractivity contribution in [2.45, 2.75) is 51.1 Å². The van der Waals surface area contributed by atoms with Crippen molar-refractivity contribution >= 4 is 11.7 Å². The fraction of sp³-hybridized carbons (Fsp3) is 0.615. The third-order valence-corrected chi connectivity index (χ3v) is 7.67. The van der Waals surface area contributed by atoms with Crippen LogP contribution in [-0.2, 0) is 17.4 Å². The Bertz CT molecular complexity index is 1140. The highest BCUT2D eigenvalue weighted by atomic mass is 19.4. The second-order valence-electron chi connectivity index (χ2n) is 10.1. The van der Waals surface area contributed by atoms with Gasteiger partial charge >= 0.3 is 6.18 Å². The smallest absolute Gasteiger partial charge is 0.453 e. The molecule has 1 aromatic heterocycles. The molecule has 0 N–H and O–H groups in total. The fourth-order valence-electron chi connectivity index (χ4n) is 5.47. The number of rotatable bonds is 5. The molecule has 5 rings (SSSR count). The first kappa shape index (κ1) is 26.5. The lowest BCUT2D eigenvalue weighted by atomic mass is 9.89. The summed E-state index contributed by atoms with van der Waals surface area (Å²) < 4.78 is 46.5. The van der Waals surface area contributed by atoms with Crippen LogP contribution in [0, 0.1) is 0 Å².